The Morgan fingerprint density at radius 3 is 1.02 bits per heavy atom. The minimum absolute atomic E-state index is 0.00784. The normalized spacial score (nSPS) is 12.0. The van der Waals surface area contributed by atoms with Crippen LogP contribution in [-0.4, -0.2) is 23.1 Å². The molecule has 0 aromatic carbocycles. The first-order chi connectivity index (χ1) is 21.1. The van der Waals surface area contributed by atoms with E-state index in [1.54, 1.807) is 0 Å². The molecule has 0 aliphatic rings. The molecule has 0 spiro atoms. The highest BCUT2D eigenvalue weighted by Gasteiger charge is 2.14. The van der Waals surface area contributed by atoms with Gasteiger partial charge in [0.2, 0.25) is 0 Å². The number of carboxylic acids is 1. The second-order valence-electron chi connectivity index (χ2n) is 13.5. The molecule has 4 heteroatoms. The van der Waals surface area contributed by atoms with Gasteiger partial charge in [-0.1, -0.05) is 181 Å². The van der Waals surface area contributed by atoms with Gasteiger partial charge in [-0.05, 0) is 38.5 Å². The first kappa shape index (κ1) is 41.9. The van der Waals surface area contributed by atoms with E-state index in [0.717, 1.165) is 64.2 Å². The van der Waals surface area contributed by atoms with Gasteiger partial charge in [-0.3, -0.25) is 9.59 Å². The topological polar surface area (TPSA) is 63.6 Å². The van der Waals surface area contributed by atoms with E-state index in [9.17, 15) is 9.59 Å². The molecule has 0 fully saturated rings. The van der Waals surface area contributed by atoms with Crippen LogP contribution in [-0.2, 0) is 14.3 Å². The highest BCUT2D eigenvalue weighted by Crippen LogP contribution is 2.19. The molecule has 0 aliphatic carbocycles. The number of ether oxygens (including phenoxy) is 1. The summed E-state index contributed by atoms with van der Waals surface area (Å²) < 4.78 is 6.00. The van der Waals surface area contributed by atoms with Crippen molar-refractivity contribution in [3.63, 3.8) is 0 Å². The third kappa shape index (κ3) is 35.3. The molecule has 256 valence electrons. The zero-order valence-electron chi connectivity index (χ0n) is 29.3. The molecule has 0 heterocycles. The van der Waals surface area contributed by atoms with Gasteiger partial charge in [0.1, 0.15) is 6.10 Å². The molecule has 1 N–H and O–H groups in total. The van der Waals surface area contributed by atoms with Crippen molar-refractivity contribution in [3.05, 3.63) is 0 Å². The molecule has 0 saturated heterocycles. The van der Waals surface area contributed by atoms with Crippen molar-refractivity contribution in [1.82, 2.24) is 0 Å². The summed E-state index contributed by atoms with van der Waals surface area (Å²) >= 11 is 0. The Morgan fingerprint density at radius 1 is 0.419 bits per heavy atom. The van der Waals surface area contributed by atoms with Crippen molar-refractivity contribution in [2.45, 2.75) is 238 Å². The van der Waals surface area contributed by atoms with E-state index < -0.39 is 5.97 Å². The quantitative estimate of drug-likeness (QED) is 0.0567. The maximum Gasteiger partial charge on any atom is 0.306 e. The average Bonchev–Trinajstić information content (AvgIpc) is 2.99. The van der Waals surface area contributed by atoms with Crippen LogP contribution in [0.25, 0.3) is 0 Å². The smallest absolute Gasteiger partial charge is 0.306 e. The SMILES string of the molecule is CCCCCCCCCCCCCCCCC(=O)OC(CCCCCCCCCCCCC)CCCCCCCC(=O)O. The van der Waals surface area contributed by atoms with Gasteiger partial charge in [0.25, 0.3) is 0 Å². The fraction of sp³-hybridized carbons (Fsp3) is 0.949. The minimum atomic E-state index is -0.697. The molecule has 0 saturated carbocycles. The lowest BCUT2D eigenvalue weighted by atomic mass is 10.0. The van der Waals surface area contributed by atoms with Crippen LogP contribution < -0.4 is 0 Å². The van der Waals surface area contributed by atoms with E-state index in [2.05, 4.69) is 13.8 Å². The molecule has 0 aromatic rings. The fourth-order valence-corrected chi connectivity index (χ4v) is 6.19. The second kappa shape index (κ2) is 35.4. The lowest BCUT2D eigenvalue weighted by Crippen LogP contribution is -2.18. The van der Waals surface area contributed by atoms with Crippen LogP contribution in [0, 0.1) is 0 Å². The molecule has 0 radical (unpaired) electrons. The van der Waals surface area contributed by atoms with Gasteiger partial charge in [0.15, 0.2) is 0 Å². The molecule has 0 amide bonds. The van der Waals surface area contributed by atoms with Crippen LogP contribution in [0.2, 0.25) is 0 Å². The van der Waals surface area contributed by atoms with Crippen molar-refractivity contribution in [2.24, 2.45) is 0 Å². The maximum absolute atomic E-state index is 12.6. The monoisotopic (exact) mass is 609 g/mol. The van der Waals surface area contributed by atoms with Gasteiger partial charge in [-0.2, -0.15) is 0 Å². The molecule has 43 heavy (non-hydrogen) atoms. The summed E-state index contributed by atoms with van der Waals surface area (Å²) in [4.78, 5) is 23.3. The molecule has 0 aliphatic heterocycles. The van der Waals surface area contributed by atoms with E-state index >= 15 is 0 Å². The van der Waals surface area contributed by atoms with E-state index in [0.29, 0.717) is 6.42 Å². The molecule has 4 nitrogen and oxygen atoms in total. The molecule has 1 unspecified atom stereocenters. The van der Waals surface area contributed by atoms with Crippen molar-refractivity contribution < 1.29 is 19.4 Å². The average molecular weight is 609 g/mol. The van der Waals surface area contributed by atoms with Crippen molar-refractivity contribution in [2.75, 3.05) is 0 Å². The number of esters is 1. The zero-order valence-corrected chi connectivity index (χ0v) is 29.3. The van der Waals surface area contributed by atoms with Crippen LogP contribution in [0.1, 0.15) is 232 Å². The first-order valence-corrected chi connectivity index (χ1v) is 19.5. The lowest BCUT2D eigenvalue weighted by Gasteiger charge is -2.18. The Labute approximate surface area is 269 Å². The van der Waals surface area contributed by atoms with E-state index in [-0.39, 0.29) is 18.5 Å². The largest absolute Gasteiger partial charge is 0.481 e. The summed E-state index contributed by atoms with van der Waals surface area (Å²) in [5, 5.41) is 8.80. The van der Waals surface area contributed by atoms with E-state index in [1.165, 1.54) is 141 Å². The predicted molar refractivity (Wildman–Crippen MR) is 186 cm³/mol. The van der Waals surface area contributed by atoms with Gasteiger partial charge in [0.05, 0.1) is 0 Å². The Morgan fingerprint density at radius 2 is 0.698 bits per heavy atom. The molecule has 0 bridgehead atoms. The zero-order chi connectivity index (χ0) is 31.5. The molecule has 0 aromatic heterocycles. The third-order valence-electron chi connectivity index (χ3n) is 9.08. The number of carboxylic acid groups (broad SMARTS) is 1. The van der Waals surface area contributed by atoms with E-state index in [4.69, 9.17) is 9.84 Å². The number of carbonyl (C=O) groups is 2. The molecule has 0 rings (SSSR count). The van der Waals surface area contributed by atoms with Gasteiger partial charge in [-0.25, -0.2) is 0 Å². The predicted octanol–water partition coefficient (Wildman–Crippen LogP) is 13.3. The summed E-state index contributed by atoms with van der Waals surface area (Å²) in [5.41, 5.74) is 0. The van der Waals surface area contributed by atoms with Crippen molar-refractivity contribution in [1.29, 1.82) is 0 Å². The minimum Gasteiger partial charge on any atom is -0.481 e. The molecular weight excluding hydrogens is 532 g/mol. The Balaban J connectivity index is 3.98. The summed E-state index contributed by atoms with van der Waals surface area (Å²) in [6, 6.07) is 0. The van der Waals surface area contributed by atoms with Gasteiger partial charge < -0.3 is 9.84 Å². The highest BCUT2D eigenvalue weighted by molar-refractivity contribution is 5.69. The Bertz CT molecular complexity index is 576. The Kier molecular flexibility index (Phi) is 34.5. The van der Waals surface area contributed by atoms with Crippen molar-refractivity contribution in [3.8, 4) is 0 Å². The number of rotatable bonds is 36. The summed E-state index contributed by atoms with van der Waals surface area (Å²) in [7, 11) is 0. The first-order valence-electron chi connectivity index (χ1n) is 19.5. The summed E-state index contributed by atoms with van der Waals surface area (Å²) in [6.45, 7) is 4.56. The molecular formula is C39H76O4. The van der Waals surface area contributed by atoms with Crippen LogP contribution in [0.4, 0.5) is 0 Å². The standard InChI is InChI=1S/C39H76O4/c1-3-5-7-9-11-13-15-16-17-19-21-23-28-32-36-39(42)43-37(34-30-26-24-27-31-35-38(40)41)33-29-25-22-20-18-14-12-10-8-6-4-2/h37H,3-36H2,1-2H3,(H,40,41). The number of unbranched alkanes of at least 4 members (excludes halogenated alkanes) is 27. The fourth-order valence-electron chi connectivity index (χ4n) is 6.19. The Hall–Kier alpha value is -1.06. The number of carbonyl (C=O) groups excluding carboxylic acids is 1. The highest BCUT2D eigenvalue weighted by atomic mass is 16.5. The van der Waals surface area contributed by atoms with Crippen molar-refractivity contribution >= 4 is 11.9 Å². The van der Waals surface area contributed by atoms with Gasteiger partial charge in [0, 0.05) is 12.8 Å². The van der Waals surface area contributed by atoms with E-state index in [1.807, 2.05) is 0 Å². The van der Waals surface area contributed by atoms with Crippen LogP contribution in [0.3, 0.4) is 0 Å². The second-order valence-corrected chi connectivity index (χ2v) is 13.5. The van der Waals surface area contributed by atoms with Gasteiger partial charge >= 0.3 is 11.9 Å². The lowest BCUT2D eigenvalue weighted by molar-refractivity contribution is -0.150. The number of aliphatic carboxylic acids is 1. The number of hydrogen-bond donors (Lipinski definition) is 1. The maximum atomic E-state index is 12.6. The van der Waals surface area contributed by atoms with Gasteiger partial charge in [-0.15, -0.1) is 0 Å². The number of hydrogen-bond acceptors (Lipinski definition) is 3. The van der Waals surface area contributed by atoms with Crippen LogP contribution in [0.15, 0.2) is 0 Å². The third-order valence-corrected chi connectivity index (χ3v) is 9.08. The van der Waals surface area contributed by atoms with Crippen LogP contribution in [0.5, 0.6) is 0 Å². The molecule has 1 atom stereocenters. The van der Waals surface area contributed by atoms with Crippen LogP contribution >= 0.6 is 0 Å². The summed E-state index contributed by atoms with van der Waals surface area (Å²) in [5.74, 6) is -0.689. The summed E-state index contributed by atoms with van der Waals surface area (Å²) in [6.07, 6.45) is 41.2.